The number of likely N-dealkylation sites (tertiary alicyclic amines) is 1. The number of aromatic nitrogens is 2. The van der Waals surface area contributed by atoms with Crippen molar-refractivity contribution in [2.45, 2.75) is 63.7 Å². The van der Waals surface area contributed by atoms with Gasteiger partial charge in [0, 0.05) is 24.9 Å². The number of hydrogen-bond acceptors (Lipinski definition) is 7. The number of carboxylic acid groups (broad SMARTS) is 1. The van der Waals surface area contributed by atoms with E-state index in [-0.39, 0.29) is 30.4 Å². The van der Waals surface area contributed by atoms with Crippen LogP contribution in [0.15, 0.2) is 36.8 Å². The molecule has 1 aromatic heterocycles. The average Bonchev–Trinajstić information content (AvgIpc) is 3.54. The molecule has 12 heteroatoms. The van der Waals surface area contributed by atoms with Crippen LogP contribution in [0.5, 0.6) is 5.75 Å². The van der Waals surface area contributed by atoms with Crippen LogP contribution in [0, 0.1) is 5.92 Å². The van der Waals surface area contributed by atoms with E-state index in [1.807, 2.05) is 0 Å². The predicted octanol–water partition coefficient (Wildman–Crippen LogP) is -0.0710. The van der Waals surface area contributed by atoms with Crippen LogP contribution < -0.4 is 16.4 Å². The molecule has 7 N–H and O–H groups in total. The fourth-order valence-corrected chi connectivity index (χ4v) is 4.35. The van der Waals surface area contributed by atoms with Crippen molar-refractivity contribution < 1.29 is 29.4 Å². The number of aromatic amines is 1. The van der Waals surface area contributed by atoms with Gasteiger partial charge in [0.05, 0.1) is 12.4 Å². The third-order valence-corrected chi connectivity index (χ3v) is 6.39. The maximum atomic E-state index is 13.3. The van der Waals surface area contributed by atoms with Gasteiger partial charge >= 0.3 is 5.97 Å². The molecular weight excluding hydrogens is 480 g/mol. The number of imidazole rings is 1. The van der Waals surface area contributed by atoms with E-state index < -0.39 is 42.0 Å². The molecule has 1 saturated heterocycles. The first kappa shape index (κ1) is 27.7. The van der Waals surface area contributed by atoms with E-state index in [2.05, 4.69) is 20.6 Å². The predicted molar refractivity (Wildman–Crippen MR) is 133 cm³/mol. The number of H-pyrrole nitrogens is 1. The summed E-state index contributed by atoms with van der Waals surface area (Å²) in [6.07, 6.45) is 4.25. The van der Waals surface area contributed by atoms with Crippen LogP contribution in [0.25, 0.3) is 0 Å². The van der Waals surface area contributed by atoms with Crippen molar-refractivity contribution in [1.29, 1.82) is 0 Å². The Bertz CT molecular complexity index is 1090. The van der Waals surface area contributed by atoms with Crippen LogP contribution >= 0.6 is 0 Å². The SMILES string of the molecule is CC(C)C(NC(=O)C(Cc1cnc[nH]1)NC(=O)C1CCCN1C(=O)C(N)Cc1ccc(O)cc1)C(=O)O. The summed E-state index contributed by atoms with van der Waals surface area (Å²) in [4.78, 5) is 59.3. The van der Waals surface area contributed by atoms with Gasteiger partial charge in [0.2, 0.25) is 17.7 Å². The van der Waals surface area contributed by atoms with Crippen molar-refractivity contribution in [3.8, 4) is 5.75 Å². The highest BCUT2D eigenvalue weighted by molar-refractivity contribution is 5.94. The van der Waals surface area contributed by atoms with Crippen molar-refractivity contribution >= 4 is 23.7 Å². The lowest BCUT2D eigenvalue weighted by molar-refractivity contribution is -0.144. The number of carboxylic acids is 1. The van der Waals surface area contributed by atoms with Gasteiger partial charge in [-0.2, -0.15) is 0 Å². The quantitative estimate of drug-likeness (QED) is 0.240. The topological polar surface area (TPSA) is 191 Å². The lowest BCUT2D eigenvalue weighted by atomic mass is 10.0. The molecule has 3 amide bonds. The minimum Gasteiger partial charge on any atom is -0.508 e. The number of nitrogens with two attached hydrogens (primary N) is 1. The van der Waals surface area contributed by atoms with Gasteiger partial charge in [-0.3, -0.25) is 14.4 Å². The zero-order valence-corrected chi connectivity index (χ0v) is 20.9. The molecule has 200 valence electrons. The maximum absolute atomic E-state index is 13.3. The van der Waals surface area contributed by atoms with Crippen LogP contribution in [0.3, 0.4) is 0 Å². The molecule has 0 aliphatic carbocycles. The monoisotopic (exact) mass is 514 g/mol. The molecule has 1 aliphatic rings. The minimum absolute atomic E-state index is 0.0586. The standard InChI is InChI=1S/C25H34N6O6/c1-14(2)21(25(36)37)30-22(33)19(11-16-12-27-13-28-16)29-23(34)20-4-3-9-31(20)24(35)18(26)10-15-5-7-17(32)8-6-15/h5-8,12-14,18-21,32H,3-4,9-11,26H2,1-2H3,(H,27,28)(H,29,34)(H,30,33)(H,36,37). The first-order valence-electron chi connectivity index (χ1n) is 12.2. The number of aliphatic carboxylic acids is 1. The molecule has 12 nitrogen and oxygen atoms in total. The number of phenolic OH excluding ortho intramolecular Hbond substituents is 1. The summed E-state index contributed by atoms with van der Waals surface area (Å²) in [7, 11) is 0. The summed E-state index contributed by atoms with van der Waals surface area (Å²) < 4.78 is 0. The lowest BCUT2D eigenvalue weighted by Crippen LogP contribution is -2.57. The van der Waals surface area contributed by atoms with Crippen molar-refractivity contribution in [2.75, 3.05) is 6.54 Å². The fourth-order valence-electron chi connectivity index (χ4n) is 4.35. The Morgan fingerprint density at radius 3 is 2.46 bits per heavy atom. The van der Waals surface area contributed by atoms with Gasteiger partial charge in [-0.25, -0.2) is 9.78 Å². The van der Waals surface area contributed by atoms with E-state index in [4.69, 9.17) is 5.73 Å². The first-order chi connectivity index (χ1) is 17.6. The Hall–Kier alpha value is -3.93. The van der Waals surface area contributed by atoms with Gasteiger partial charge in [-0.1, -0.05) is 26.0 Å². The van der Waals surface area contributed by atoms with Crippen molar-refractivity contribution in [3.63, 3.8) is 0 Å². The summed E-state index contributed by atoms with van der Waals surface area (Å²) in [5.41, 5.74) is 7.51. The van der Waals surface area contributed by atoms with E-state index in [9.17, 15) is 29.4 Å². The Morgan fingerprint density at radius 1 is 1.16 bits per heavy atom. The number of phenols is 1. The molecule has 0 radical (unpaired) electrons. The number of carbonyl (C=O) groups is 4. The van der Waals surface area contributed by atoms with Gasteiger partial charge in [0.25, 0.3) is 0 Å². The van der Waals surface area contributed by atoms with Crippen molar-refractivity contribution in [2.24, 2.45) is 11.7 Å². The molecule has 4 atom stereocenters. The number of rotatable bonds is 11. The van der Waals surface area contributed by atoms with Gasteiger partial charge in [-0.15, -0.1) is 0 Å². The van der Waals surface area contributed by atoms with Gasteiger partial charge in [0.15, 0.2) is 0 Å². The largest absolute Gasteiger partial charge is 0.508 e. The Kier molecular flexibility index (Phi) is 9.23. The van der Waals surface area contributed by atoms with Gasteiger partial charge < -0.3 is 36.5 Å². The fraction of sp³-hybridized carbons (Fsp3) is 0.480. The average molecular weight is 515 g/mol. The van der Waals surface area contributed by atoms with E-state index in [1.54, 1.807) is 26.0 Å². The molecule has 1 fully saturated rings. The number of aromatic hydroxyl groups is 1. The molecule has 4 unspecified atom stereocenters. The second-order valence-electron chi connectivity index (χ2n) is 9.58. The van der Waals surface area contributed by atoms with Crippen LogP contribution in [0.2, 0.25) is 0 Å². The lowest BCUT2D eigenvalue weighted by Gasteiger charge is -2.29. The molecule has 1 aliphatic heterocycles. The van der Waals surface area contributed by atoms with E-state index >= 15 is 0 Å². The molecule has 1 aromatic carbocycles. The molecule has 37 heavy (non-hydrogen) atoms. The molecule has 0 spiro atoms. The highest BCUT2D eigenvalue weighted by Crippen LogP contribution is 2.20. The van der Waals surface area contributed by atoms with Gasteiger partial charge in [0.1, 0.15) is 23.9 Å². The maximum Gasteiger partial charge on any atom is 0.326 e. The number of hydrogen-bond donors (Lipinski definition) is 6. The van der Waals surface area contributed by atoms with Crippen LogP contribution in [0.1, 0.15) is 37.9 Å². The number of nitrogens with zero attached hydrogens (tertiary/aromatic N) is 2. The Labute approximate surface area is 214 Å². The Balaban J connectivity index is 1.70. The highest BCUT2D eigenvalue weighted by atomic mass is 16.4. The van der Waals surface area contributed by atoms with Crippen LogP contribution in [0.4, 0.5) is 0 Å². The van der Waals surface area contributed by atoms with Crippen molar-refractivity contribution in [3.05, 3.63) is 48.0 Å². The zero-order valence-electron chi connectivity index (χ0n) is 20.9. The third kappa shape index (κ3) is 7.29. The molecule has 0 saturated carbocycles. The summed E-state index contributed by atoms with van der Waals surface area (Å²) in [5.74, 6) is -2.99. The van der Waals surface area contributed by atoms with E-state index in [0.29, 0.717) is 25.1 Å². The smallest absolute Gasteiger partial charge is 0.326 e. The minimum atomic E-state index is -1.18. The normalized spacial score (nSPS) is 17.7. The summed E-state index contributed by atoms with van der Waals surface area (Å²) in [6, 6.07) is 2.47. The van der Waals surface area contributed by atoms with Crippen LogP contribution in [-0.4, -0.2) is 79.5 Å². The molecule has 3 rings (SSSR count). The number of benzene rings is 1. The van der Waals surface area contributed by atoms with E-state index in [0.717, 1.165) is 5.56 Å². The van der Waals surface area contributed by atoms with E-state index in [1.165, 1.54) is 29.6 Å². The summed E-state index contributed by atoms with van der Waals surface area (Å²) >= 11 is 0. The van der Waals surface area contributed by atoms with Gasteiger partial charge in [-0.05, 0) is 42.9 Å². The summed E-state index contributed by atoms with van der Waals surface area (Å²) in [5, 5.41) is 24.1. The second kappa shape index (κ2) is 12.3. The third-order valence-electron chi connectivity index (χ3n) is 6.39. The van der Waals surface area contributed by atoms with Crippen LogP contribution in [-0.2, 0) is 32.0 Å². The number of nitrogens with one attached hydrogen (secondary N) is 3. The van der Waals surface area contributed by atoms with Crippen molar-refractivity contribution in [1.82, 2.24) is 25.5 Å². The molecule has 0 bridgehead atoms. The zero-order chi connectivity index (χ0) is 27.1. The summed E-state index contributed by atoms with van der Waals surface area (Å²) in [6.45, 7) is 3.70. The molecule has 2 aromatic rings. The number of amides is 3. The first-order valence-corrected chi connectivity index (χ1v) is 12.2. The number of carbonyl (C=O) groups excluding carboxylic acids is 3. The molecular formula is C25H34N6O6. The second-order valence-corrected chi connectivity index (χ2v) is 9.58. The molecule has 2 heterocycles. The highest BCUT2D eigenvalue weighted by Gasteiger charge is 2.38. The Morgan fingerprint density at radius 2 is 1.86 bits per heavy atom.